The number of benzene rings is 3. The fraction of sp³-hybridized carbons (Fsp3) is 0.240. The van der Waals surface area contributed by atoms with Crippen molar-refractivity contribution in [3.8, 4) is 17.2 Å². The molecule has 4 rings (SSSR count). The molecular weight excluding hydrogens is 404 g/mol. The second kappa shape index (κ2) is 9.09. The number of nitrogens with zero attached hydrogens (tertiary/aromatic N) is 3. The first-order valence-electron chi connectivity index (χ1n) is 10.5. The summed E-state index contributed by atoms with van der Waals surface area (Å²) >= 11 is 0. The molecule has 0 unspecified atom stereocenters. The summed E-state index contributed by atoms with van der Waals surface area (Å²) in [4.78, 5) is 14.0. The Kier molecular flexibility index (Phi) is 6.07. The maximum Gasteiger partial charge on any atom is 0.262 e. The van der Waals surface area contributed by atoms with Gasteiger partial charge in [0.05, 0.1) is 12.3 Å². The summed E-state index contributed by atoms with van der Waals surface area (Å²) in [7, 11) is 0. The average Bonchev–Trinajstić information content (AvgIpc) is 3.15. The van der Waals surface area contributed by atoms with E-state index in [2.05, 4.69) is 21.6 Å². The normalized spacial score (nSPS) is 10.9. The molecular formula is C25H26N4O3. The van der Waals surface area contributed by atoms with E-state index >= 15 is 0 Å². The largest absolute Gasteiger partial charge is 0.494 e. The van der Waals surface area contributed by atoms with E-state index in [0.29, 0.717) is 23.6 Å². The second-order valence-corrected chi connectivity index (χ2v) is 7.73. The molecule has 1 aromatic heterocycles. The predicted octanol–water partition coefficient (Wildman–Crippen LogP) is 4.76. The van der Waals surface area contributed by atoms with Gasteiger partial charge in [-0.3, -0.25) is 4.79 Å². The number of ether oxygens (including phenoxy) is 2. The average molecular weight is 431 g/mol. The van der Waals surface area contributed by atoms with Crippen LogP contribution in [0.5, 0.6) is 11.5 Å². The Morgan fingerprint density at radius 2 is 1.53 bits per heavy atom. The maximum atomic E-state index is 12.5. The van der Waals surface area contributed by atoms with Crippen LogP contribution < -0.4 is 14.8 Å². The highest BCUT2D eigenvalue weighted by Crippen LogP contribution is 2.23. The zero-order valence-electron chi connectivity index (χ0n) is 18.7. The maximum absolute atomic E-state index is 12.5. The van der Waals surface area contributed by atoms with Crippen LogP contribution in [0.4, 0.5) is 5.69 Å². The number of hydrogen-bond donors (Lipinski definition) is 1. The Bertz CT molecular complexity index is 1240. The van der Waals surface area contributed by atoms with Gasteiger partial charge in [-0.2, -0.15) is 4.80 Å². The number of hydrogen-bond acceptors (Lipinski definition) is 5. The minimum Gasteiger partial charge on any atom is -0.494 e. The first-order chi connectivity index (χ1) is 15.4. The molecule has 0 bridgehead atoms. The first kappa shape index (κ1) is 21.4. The van der Waals surface area contributed by atoms with Crippen LogP contribution in [0.15, 0.2) is 54.6 Å². The van der Waals surface area contributed by atoms with Gasteiger partial charge >= 0.3 is 0 Å². The lowest BCUT2D eigenvalue weighted by atomic mass is 10.1. The molecule has 0 aliphatic heterocycles. The van der Waals surface area contributed by atoms with E-state index in [-0.39, 0.29) is 12.5 Å². The third-order valence-electron chi connectivity index (χ3n) is 4.94. The Labute approximate surface area is 187 Å². The standard InChI is InChI=1S/C25H26N4O3/c1-5-31-20-8-6-19(7-9-20)29-27-23-13-18(4)22(14-24(23)28-29)26-25(30)15-32-21-11-16(2)10-17(3)12-21/h6-14H,5,15H2,1-4H3,(H,26,30). The number of amides is 1. The summed E-state index contributed by atoms with van der Waals surface area (Å²) in [6.07, 6.45) is 0. The van der Waals surface area contributed by atoms with Crippen molar-refractivity contribution in [1.29, 1.82) is 0 Å². The van der Waals surface area contributed by atoms with Crippen molar-refractivity contribution in [2.24, 2.45) is 0 Å². The highest BCUT2D eigenvalue weighted by atomic mass is 16.5. The van der Waals surface area contributed by atoms with Gasteiger partial charge in [0.25, 0.3) is 5.91 Å². The zero-order chi connectivity index (χ0) is 22.7. The molecule has 0 atom stereocenters. The number of rotatable bonds is 7. The van der Waals surface area contributed by atoms with Crippen molar-refractivity contribution in [3.63, 3.8) is 0 Å². The Balaban J connectivity index is 1.48. The number of anilines is 1. The van der Waals surface area contributed by atoms with E-state index in [1.807, 2.05) is 76.2 Å². The number of carbonyl (C=O) groups is 1. The zero-order valence-corrected chi connectivity index (χ0v) is 18.7. The van der Waals surface area contributed by atoms with Crippen LogP contribution in [0, 0.1) is 20.8 Å². The van der Waals surface area contributed by atoms with Gasteiger partial charge in [-0.05, 0) is 92.9 Å². The summed E-state index contributed by atoms with van der Waals surface area (Å²) < 4.78 is 11.1. The van der Waals surface area contributed by atoms with E-state index in [4.69, 9.17) is 9.47 Å². The Morgan fingerprint density at radius 1 is 0.875 bits per heavy atom. The van der Waals surface area contributed by atoms with E-state index in [1.54, 1.807) is 4.80 Å². The lowest BCUT2D eigenvalue weighted by Gasteiger charge is -2.10. The van der Waals surface area contributed by atoms with Crippen molar-refractivity contribution in [3.05, 3.63) is 71.3 Å². The molecule has 1 N–H and O–H groups in total. The van der Waals surface area contributed by atoms with Gasteiger partial charge in [0.2, 0.25) is 0 Å². The van der Waals surface area contributed by atoms with Crippen LogP contribution in [0.1, 0.15) is 23.6 Å². The van der Waals surface area contributed by atoms with Gasteiger partial charge < -0.3 is 14.8 Å². The van der Waals surface area contributed by atoms with Gasteiger partial charge in [0.1, 0.15) is 22.5 Å². The fourth-order valence-corrected chi connectivity index (χ4v) is 3.51. The van der Waals surface area contributed by atoms with Gasteiger partial charge in [-0.15, -0.1) is 10.2 Å². The summed E-state index contributed by atoms with van der Waals surface area (Å²) in [5, 5.41) is 12.0. The SMILES string of the molecule is CCOc1ccc(-n2nc3cc(C)c(NC(=O)COc4cc(C)cc(C)c4)cc3n2)cc1. The fourth-order valence-electron chi connectivity index (χ4n) is 3.51. The lowest BCUT2D eigenvalue weighted by molar-refractivity contribution is -0.118. The first-order valence-corrected chi connectivity index (χ1v) is 10.5. The van der Waals surface area contributed by atoms with Crippen molar-refractivity contribution in [2.45, 2.75) is 27.7 Å². The minimum absolute atomic E-state index is 0.0702. The Hall–Kier alpha value is -3.87. The van der Waals surface area contributed by atoms with Crippen molar-refractivity contribution in [1.82, 2.24) is 15.0 Å². The molecule has 7 heteroatoms. The molecule has 7 nitrogen and oxygen atoms in total. The molecule has 4 aromatic rings. The van der Waals surface area contributed by atoms with E-state index in [1.165, 1.54) is 0 Å². The molecule has 0 saturated heterocycles. The number of carbonyl (C=O) groups excluding carboxylic acids is 1. The Morgan fingerprint density at radius 3 is 2.19 bits per heavy atom. The van der Waals surface area contributed by atoms with Gasteiger partial charge in [0, 0.05) is 5.69 Å². The van der Waals surface area contributed by atoms with Crippen LogP contribution in [-0.2, 0) is 4.79 Å². The molecule has 0 aliphatic carbocycles. The summed E-state index contributed by atoms with van der Waals surface area (Å²) in [5.41, 5.74) is 6.04. The van der Waals surface area contributed by atoms with Crippen LogP contribution in [0.3, 0.4) is 0 Å². The molecule has 32 heavy (non-hydrogen) atoms. The van der Waals surface area contributed by atoms with E-state index in [0.717, 1.165) is 33.6 Å². The summed E-state index contributed by atoms with van der Waals surface area (Å²) in [6, 6.07) is 17.2. The lowest BCUT2D eigenvalue weighted by Crippen LogP contribution is -2.20. The molecule has 1 heterocycles. The summed E-state index contributed by atoms with van der Waals surface area (Å²) in [6.45, 7) is 8.42. The molecule has 0 saturated carbocycles. The quantitative estimate of drug-likeness (QED) is 0.457. The second-order valence-electron chi connectivity index (χ2n) is 7.73. The van der Waals surface area contributed by atoms with Crippen molar-refractivity contribution >= 4 is 22.6 Å². The smallest absolute Gasteiger partial charge is 0.262 e. The van der Waals surface area contributed by atoms with Crippen LogP contribution in [0.25, 0.3) is 16.7 Å². The number of nitrogens with one attached hydrogen (secondary N) is 1. The third kappa shape index (κ3) is 4.88. The van der Waals surface area contributed by atoms with Crippen molar-refractivity contribution < 1.29 is 14.3 Å². The topological polar surface area (TPSA) is 78.3 Å². The number of fused-ring (bicyclic) bond motifs is 1. The molecule has 3 aromatic carbocycles. The predicted molar refractivity (Wildman–Crippen MR) is 125 cm³/mol. The molecule has 0 aliphatic rings. The van der Waals surface area contributed by atoms with Crippen LogP contribution >= 0.6 is 0 Å². The van der Waals surface area contributed by atoms with Gasteiger partial charge in [-0.1, -0.05) is 6.07 Å². The molecule has 164 valence electrons. The van der Waals surface area contributed by atoms with E-state index in [9.17, 15) is 4.79 Å². The number of aromatic nitrogens is 3. The molecule has 0 radical (unpaired) electrons. The monoisotopic (exact) mass is 430 g/mol. The highest BCUT2D eigenvalue weighted by Gasteiger charge is 2.11. The molecule has 0 fully saturated rings. The van der Waals surface area contributed by atoms with Gasteiger partial charge in [0.15, 0.2) is 6.61 Å². The van der Waals surface area contributed by atoms with E-state index < -0.39 is 0 Å². The molecule has 1 amide bonds. The third-order valence-corrected chi connectivity index (χ3v) is 4.94. The minimum atomic E-state index is -0.231. The van der Waals surface area contributed by atoms with Gasteiger partial charge in [-0.25, -0.2) is 0 Å². The highest BCUT2D eigenvalue weighted by molar-refractivity contribution is 5.95. The van der Waals surface area contributed by atoms with Crippen LogP contribution in [-0.4, -0.2) is 34.1 Å². The van der Waals surface area contributed by atoms with Crippen LogP contribution in [0.2, 0.25) is 0 Å². The molecule has 0 spiro atoms. The number of aryl methyl sites for hydroxylation is 3. The summed E-state index contributed by atoms with van der Waals surface area (Å²) in [5.74, 6) is 1.26. The van der Waals surface area contributed by atoms with Crippen molar-refractivity contribution in [2.75, 3.05) is 18.5 Å².